The summed E-state index contributed by atoms with van der Waals surface area (Å²) in [5, 5.41) is 6.46. The Bertz CT molecular complexity index is 1030. The minimum atomic E-state index is -0.294. The number of hydrogen-bond acceptors (Lipinski definition) is 6. The van der Waals surface area contributed by atoms with Crippen molar-refractivity contribution in [1.82, 2.24) is 20.2 Å². The Balaban J connectivity index is 1.51. The molecule has 0 atom stereocenters. The van der Waals surface area contributed by atoms with Crippen molar-refractivity contribution in [2.24, 2.45) is 0 Å². The number of hydrogen-bond donors (Lipinski definition) is 2. The molecular weight excluding hydrogens is 431 g/mol. The smallest absolute Gasteiger partial charge is 0.258 e. The van der Waals surface area contributed by atoms with Crippen LogP contribution in [0.5, 0.6) is 0 Å². The van der Waals surface area contributed by atoms with Crippen molar-refractivity contribution in [1.29, 1.82) is 0 Å². The largest absolute Gasteiger partial charge is 0.353 e. The standard InChI is InChI=1S/C26H35FN6O/c1-18-16-19(27)10-11-21(18)23-22-24(33(17-29-25(22)34)20-8-4-2-5-9-20)31-26(30-23)28-12-15-32-13-6-3-7-14-32/h10-11,16,20H,2-9,12-15,17H2,1H3,(H,29,34)(H,28,30,31). The third-order valence-corrected chi connectivity index (χ3v) is 7.42. The quantitative estimate of drug-likeness (QED) is 0.660. The van der Waals surface area contributed by atoms with Gasteiger partial charge >= 0.3 is 0 Å². The third-order valence-electron chi connectivity index (χ3n) is 7.42. The zero-order valence-corrected chi connectivity index (χ0v) is 20.1. The molecule has 0 spiro atoms. The molecule has 2 N–H and O–H groups in total. The monoisotopic (exact) mass is 466 g/mol. The molecule has 1 aliphatic carbocycles. The lowest BCUT2D eigenvalue weighted by atomic mass is 9.93. The second kappa shape index (κ2) is 10.3. The summed E-state index contributed by atoms with van der Waals surface area (Å²) in [4.78, 5) is 27.5. The number of carbonyl (C=O) groups is 1. The molecule has 182 valence electrons. The van der Waals surface area contributed by atoms with Crippen LogP contribution in [0.3, 0.4) is 0 Å². The lowest BCUT2D eigenvalue weighted by Gasteiger charge is -2.39. The van der Waals surface area contributed by atoms with Gasteiger partial charge in [0.2, 0.25) is 5.95 Å². The highest BCUT2D eigenvalue weighted by molar-refractivity contribution is 6.06. The molecule has 1 saturated heterocycles. The van der Waals surface area contributed by atoms with E-state index in [1.807, 2.05) is 6.92 Å². The molecule has 0 radical (unpaired) electrons. The number of nitrogens with one attached hydrogen (secondary N) is 2. The number of fused-ring (bicyclic) bond motifs is 1. The molecule has 8 heteroatoms. The molecule has 3 heterocycles. The van der Waals surface area contributed by atoms with Gasteiger partial charge in [-0.05, 0) is 69.5 Å². The van der Waals surface area contributed by atoms with E-state index in [-0.39, 0.29) is 11.7 Å². The number of nitrogens with zero attached hydrogens (tertiary/aromatic N) is 4. The molecule has 0 unspecified atom stereocenters. The number of amides is 1. The average Bonchev–Trinajstić information content (AvgIpc) is 2.85. The summed E-state index contributed by atoms with van der Waals surface area (Å²) in [6.07, 6.45) is 9.68. The summed E-state index contributed by atoms with van der Waals surface area (Å²) in [5.74, 6) is 0.771. The fraction of sp³-hybridized carbons (Fsp3) is 0.577. The van der Waals surface area contributed by atoms with Crippen LogP contribution in [-0.2, 0) is 0 Å². The number of carbonyl (C=O) groups excluding carboxylic acids is 1. The topological polar surface area (TPSA) is 73.4 Å². The van der Waals surface area contributed by atoms with E-state index in [1.165, 1.54) is 50.7 Å². The predicted octanol–water partition coefficient (Wildman–Crippen LogP) is 4.33. The zero-order chi connectivity index (χ0) is 23.5. The first kappa shape index (κ1) is 23.0. The molecule has 3 aliphatic rings. The highest BCUT2D eigenvalue weighted by atomic mass is 19.1. The van der Waals surface area contributed by atoms with Crippen LogP contribution < -0.4 is 15.5 Å². The molecule has 1 saturated carbocycles. The van der Waals surface area contributed by atoms with Gasteiger partial charge in [0, 0.05) is 24.7 Å². The molecule has 7 nitrogen and oxygen atoms in total. The second-order valence-electron chi connectivity index (χ2n) is 9.81. The molecule has 34 heavy (non-hydrogen) atoms. The fourth-order valence-electron chi connectivity index (χ4n) is 5.56. The molecule has 1 aromatic carbocycles. The van der Waals surface area contributed by atoms with E-state index in [1.54, 1.807) is 6.07 Å². The van der Waals surface area contributed by atoms with Gasteiger partial charge in [-0.25, -0.2) is 9.37 Å². The maximum Gasteiger partial charge on any atom is 0.258 e. The number of piperidine rings is 1. The van der Waals surface area contributed by atoms with Crippen molar-refractivity contribution in [2.75, 3.05) is 43.1 Å². The first-order valence-electron chi connectivity index (χ1n) is 12.8. The summed E-state index contributed by atoms with van der Waals surface area (Å²) < 4.78 is 13.9. The maximum absolute atomic E-state index is 13.9. The Morgan fingerprint density at radius 3 is 2.62 bits per heavy atom. The number of halogens is 1. The van der Waals surface area contributed by atoms with Crippen LogP contribution in [0.1, 0.15) is 67.3 Å². The van der Waals surface area contributed by atoms with Crippen molar-refractivity contribution in [2.45, 2.75) is 64.3 Å². The number of benzene rings is 1. The highest BCUT2D eigenvalue weighted by Crippen LogP contribution is 2.36. The first-order chi connectivity index (χ1) is 16.6. The minimum absolute atomic E-state index is 0.166. The SMILES string of the molecule is Cc1cc(F)ccc1-c1nc(NCCN2CCCCC2)nc2c1C(=O)NCN2C1CCCCC1. The summed E-state index contributed by atoms with van der Waals surface area (Å²) in [6, 6.07) is 5.00. The Labute approximate surface area is 201 Å². The van der Waals surface area contributed by atoms with Crippen LogP contribution in [0.15, 0.2) is 18.2 Å². The van der Waals surface area contributed by atoms with Gasteiger partial charge < -0.3 is 20.4 Å². The number of likely N-dealkylation sites (tertiary alicyclic amines) is 1. The normalized spacial score (nSPS) is 19.6. The second-order valence-corrected chi connectivity index (χ2v) is 9.81. The minimum Gasteiger partial charge on any atom is -0.353 e. The number of anilines is 2. The Hall–Kier alpha value is -2.74. The van der Waals surface area contributed by atoms with E-state index in [0.29, 0.717) is 35.7 Å². The predicted molar refractivity (Wildman–Crippen MR) is 133 cm³/mol. The van der Waals surface area contributed by atoms with Crippen molar-refractivity contribution in [3.8, 4) is 11.3 Å². The van der Waals surface area contributed by atoms with Gasteiger partial charge in [0.05, 0.1) is 12.4 Å². The molecule has 2 fully saturated rings. The summed E-state index contributed by atoms with van der Waals surface area (Å²) in [6.45, 7) is 6.29. The van der Waals surface area contributed by atoms with Gasteiger partial charge in [0.1, 0.15) is 17.2 Å². The zero-order valence-electron chi connectivity index (χ0n) is 20.1. The van der Waals surface area contributed by atoms with Gasteiger partial charge in [0.15, 0.2) is 0 Å². The van der Waals surface area contributed by atoms with Gasteiger partial charge in [-0.15, -0.1) is 0 Å². The van der Waals surface area contributed by atoms with Crippen molar-refractivity contribution in [3.63, 3.8) is 0 Å². The average molecular weight is 467 g/mol. The Kier molecular flexibility index (Phi) is 6.94. The van der Waals surface area contributed by atoms with Gasteiger partial charge in [-0.3, -0.25) is 4.79 Å². The lowest BCUT2D eigenvalue weighted by Crippen LogP contribution is -2.50. The number of aryl methyl sites for hydroxylation is 1. The summed E-state index contributed by atoms with van der Waals surface area (Å²) in [7, 11) is 0. The number of rotatable bonds is 6. The van der Waals surface area contributed by atoms with Crippen LogP contribution in [0.25, 0.3) is 11.3 Å². The van der Waals surface area contributed by atoms with E-state index in [4.69, 9.17) is 9.97 Å². The van der Waals surface area contributed by atoms with E-state index in [9.17, 15) is 9.18 Å². The molecule has 1 amide bonds. The van der Waals surface area contributed by atoms with E-state index in [0.717, 1.165) is 50.1 Å². The first-order valence-corrected chi connectivity index (χ1v) is 12.8. The third kappa shape index (κ3) is 4.87. The van der Waals surface area contributed by atoms with Crippen LogP contribution in [0.2, 0.25) is 0 Å². The molecule has 5 rings (SSSR count). The molecule has 1 aromatic heterocycles. The van der Waals surface area contributed by atoms with E-state index >= 15 is 0 Å². The maximum atomic E-state index is 13.9. The molecular formula is C26H35FN6O. The fourth-order valence-corrected chi connectivity index (χ4v) is 5.56. The summed E-state index contributed by atoms with van der Waals surface area (Å²) >= 11 is 0. The molecule has 2 aliphatic heterocycles. The van der Waals surface area contributed by atoms with Crippen molar-refractivity contribution < 1.29 is 9.18 Å². The molecule has 0 bridgehead atoms. The summed E-state index contributed by atoms with van der Waals surface area (Å²) in [5.41, 5.74) is 2.58. The Morgan fingerprint density at radius 2 is 1.85 bits per heavy atom. The van der Waals surface area contributed by atoms with E-state index < -0.39 is 0 Å². The Morgan fingerprint density at radius 1 is 1.09 bits per heavy atom. The van der Waals surface area contributed by atoms with E-state index in [2.05, 4.69) is 20.4 Å². The highest BCUT2D eigenvalue weighted by Gasteiger charge is 2.34. The van der Waals surface area contributed by atoms with Crippen LogP contribution >= 0.6 is 0 Å². The van der Waals surface area contributed by atoms with Crippen molar-refractivity contribution in [3.05, 3.63) is 35.1 Å². The van der Waals surface area contributed by atoms with Gasteiger partial charge in [-0.1, -0.05) is 25.7 Å². The lowest BCUT2D eigenvalue weighted by molar-refractivity contribution is 0.0944. The molecule has 2 aromatic rings. The van der Waals surface area contributed by atoms with Crippen LogP contribution in [0.4, 0.5) is 16.2 Å². The van der Waals surface area contributed by atoms with Crippen LogP contribution in [0, 0.1) is 12.7 Å². The van der Waals surface area contributed by atoms with Crippen molar-refractivity contribution >= 4 is 17.7 Å². The number of aromatic nitrogens is 2. The van der Waals surface area contributed by atoms with Crippen LogP contribution in [-0.4, -0.2) is 59.7 Å². The van der Waals surface area contributed by atoms with Gasteiger partial charge in [-0.2, -0.15) is 4.98 Å². The van der Waals surface area contributed by atoms with Gasteiger partial charge in [0.25, 0.3) is 5.91 Å².